The van der Waals surface area contributed by atoms with Crippen LogP contribution < -0.4 is 4.90 Å². The summed E-state index contributed by atoms with van der Waals surface area (Å²) in [4.78, 5) is 16.5. The molecule has 206 valence electrons. The number of benzene rings is 5. The summed E-state index contributed by atoms with van der Waals surface area (Å²) in [6.45, 7) is 0. The summed E-state index contributed by atoms with van der Waals surface area (Å²) in [5.41, 5.74) is 12.5. The van der Waals surface area contributed by atoms with Crippen LogP contribution in [0.1, 0.15) is 0 Å². The Morgan fingerprint density at radius 3 is 1.75 bits per heavy atom. The number of para-hydroxylation sites is 2. The lowest BCUT2D eigenvalue weighted by molar-refractivity contribution is 1.18. The Labute approximate surface area is 254 Å². The Kier molecular flexibility index (Phi) is 5.47. The maximum Gasteiger partial charge on any atom is 0.138 e. The van der Waals surface area contributed by atoms with Gasteiger partial charge in [-0.1, -0.05) is 103 Å². The van der Waals surface area contributed by atoms with Crippen molar-refractivity contribution < 1.29 is 0 Å². The molecular weight excluding hydrogens is 536 g/mol. The van der Waals surface area contributed by atoms with Crippen LogP contribution in [0.2, 0.25) is 0 Å². The minimum absolute atomic E-state index is 0.845. The molecule has 0 saturated carbocycles. The molecular formula is C40H26N4. The van der Waals surface area contributed by atoms with E-state index in [0.29, 0.717) is 0 Å². The molecule has 0 amide bonds. The topological polar surface area (TPSA) is 44.8 Å². The minimum atomic E-state index is 0.845. The number of nitrogens with zero attached hydrogens (tertiary/aromatic N) is 3. The molecule has 9 rings (SSSR count). The highest BCUT2D eigenvalue weighted by Gasteiger charge is 2.19. The molecule has 1 aliphatic heterocycles. The number of hydrogen-bond donors (Lipinski definition) is 1. The number of nitrogens with one attached hydrogen (secondary N) is 1. The van der Waals surface area contributed by atoms with Crippen LogP contribution in [-0.4, -0.2) is 15.0 Å². The molecule has 4 heteroatoms. The van der Waals surface area contributed by atoms with E-state index in [1.54, 1.807) is 0 Å². The molecule has 0 fully saturated rings. The van der Waals surface area contributed by atoms with E-state index in [-0.39, 0.29) is 0 Å². The smallest absolute Gasteiger partial charge is 0.138 e. The summed E-state index contributed by atoms with van der Waals surface area (Å²) < 4.78 is 0. The third-order valence-corrected chi connectivity index (χ3v) is 8.57. The lowest BCUT2D eigenvalue weighted by Crippen LogP contribution is -2.12. The Balaban J connectivity index is 1.32. The molecule has 4 nitrogen and oxygen atoms in total. The van der Waals surface area contributed by atoms with E-state index in [1.807, 2.05) is 6.07 Å². The number of rotatable bonds is 2. The Morgan fingerprint density at radius 2 is 1.00 bits per heavy atom. The molecule has 1 N–H and O–H groups in total. The summed E-state index contributed by atoms with van der Waals surface area (Å²) in [6, 6.07) is 53.2. The first-order chi connectivity index (χ1) is 21.8. The fourth-order valence-corrected chi connectivity index (χ4v) is 6.47. The Morgan fingerprint density at radius 1 is 0.409 bits per heavy atom. The number of aromatic amines is 1. The van der Waals surface area contributed by atoms with Gasteiger partial charge in [0.15, 0.2) is 0 Å². The zero-order chi connectivity index (χ0) is 29.0. The van der Waals surface area contributed by atoms with Crippen LogP contribution in [0.4, 0.5) is 17.2 Å². The van der Waals surface area contributed by atoms with Gasteiger partial charge >= 0.3 is 0 Å². The van der Waals surface area contributed by atoms with Crippen LogP contribution >= 0.6 is 0 Å². The van der Waals surface area contributed by atoms with Gasteiger partial charge < -0.3 is 4.98 Å². The van der Waals surface area contributed by atoms with E-state index in [2.05, 4.69) is 155 Å². The Hall–Kier alpha value is -6.00. The maximum absolute atomic E-state index is 5.31. The van der Waals surface area contributed by atoms with Crippen molar-refractivity contribution in [2.75, 3.05) is 4.90 Å². The quantitative estimate of drug-likeness (QED) is 0.228. The summed E-state index contributed by atoms with van der Waals surface area (Å²) in [7, 11) is 0. The van der Waals surface area contributed by atoms with Crippen LogP contribution in [0.3, 0.4) is 0 Å². The molecule has 4 heterocycles. The third-order valence-electron chi connectivity index (χ3n) is 8.57. The van der Waals surface area contributed by atoms with Crippen molar-refractivity contribution in [3.8, 4) is 44.9 Å². The van der Waals surface area contributed by atoms with Crippen LogP contribution in [0, 0.1) is 0 Å². The first kappa shape index (κ1) is 24.6. The highest BCUT2D eigenvalue weighted by atomic mass is 15.2. The van der Waals surface area contributed by atoms with Gasteiger partial charge in [-0.25, -0.2) is 9.97 Å². The highest BCUT2D eigenvalue weighted by molar-refractivity contribution is 6.15. The van der Waals surface area contributed by atoms with Gasteiger partial charge in [-0.2, -0.15) is 0 Å². The SMILES string of the molecule is c1ccc(-c2ccc(N3c4cccc(c4)-c4cccc(n4)-c4cccc5c4[nH]c4c(cccc45)-c4cccc3n4)cc2)cc1. The maximum atomic E-state index is 5.31. The molecule has 44 heavy (non-hydrogen) atoms. The van der Waals surface area contributed by atoms with Gasteiger partial charge in [-0.05, 0) is 59.7 Å². The first-order valence-electron chi connectivity index (χ1n) is 14.8. The zero-order valence-electron chi connectivity index (χ0n) is 23.8. The predicted molar refractivity (Wildman–Crippen MR) is 181 cm³/mol. The van der Waals surface area contributed by atoms with Gasteiger partial charge in [-0.3, -0.25) is 4.90 Å². The molecule has 8 aromatic rings. The van der Waals surface area contributed by atoms with Crippen molar-refractivity contribution in [3.05, 3.63) is 152 Å². The molecule has 0 radical (unpaired) electrons. The monoisotopic (exact) mass is 562 g/mol. The van der Waals surface area contributed by atoms with E-state index in [9.17, 15) is 0 Å². The number of H-pyrrole nitrogens is 1. The summed E-state index contributed by atoms with van der Waals surface area (Å²) >= 11 is 0. The molecule has 0 atom stereocenters. The van der Waals surface area contributed by atoms with Crippen molar-refractivity contribution in [1.29, 1.82) is 0 Å². The second-order valence-corrected chi connectivity index (χ2v) is 11.2. The van der Waals surface area contributed by atoms with Crippen molar-refractivity contribution in [2.45, 2.75) is 0 Å². The third kappa shape index (κ3) is 3.92. The summed E-state index contributed by atoms with van der Waals surface area (Å²) in [5, 5.41) is 2.35. The number of fused-ring (bicyclic) bond motifs is 10. The van der Waals surface area contributed by atoms with E-state index in [0.717, 1.165) is 62.0 Å². The van der Waals surface area contributed by atoms with Crippen molar-refractivity contribution >= 4 is 39.0 Å². The molecule has 0 spiro atoms. The normalized spacial score (nSPS) is 12.0. The van der Waals surface area contributed by atoms with Gasteiger partial charge in [0.25, 0.3) is 0 Å². The first-order valence-corrected chi connectivity index (χ1v) is 14.8. The molecule has 0 saturated heterocycles. The fraction of sp³-hybridized carbons (Fsp3) is 0. The molecule has 0 aliphatic carbocycles. The van der Waals surface area contributed by atoms with E-state index in [1.165, 1.54) is 21.9 Å². The number of hydrogen-bond acceptors (Lipinski definition) is 3. The zero-order valence-corrected chi connectivity index (χ0v) is 23.8. The number of aromatic nitrogens is 3. The van der Waals surface area contributed by atoms with E-state index >= 15 is 0 Å². The van der Waals surface area contributed by atoms with E-state index < -0.39 is 0 Å². The average Bonchev–Trinajstić information content (AvgIpc) is 3.48. The Bertz CT molecular complexity index is 2340. The largest absolute Gasteiger partial charge is 0.353 e. The molecule has 8 bridgehead atoms. The lowest BCUT2D eigenvalue weighted by Gasteiger charge is -2.25. The second-order valence-electron chi connectivity index (χ2n) is 11.2. The highest BCUT2D eigenvalue weighted by Crippen LogP contribution is 2.40. The van der Waals surface area contributed by atoms with Crippen molar-refractivity contribution in [1.82, 2.24) is 15.0 Å². The van der Waals surface area contributed by atoms with Crippen LogP contribution in [0.5, 0.6) is 0 Å². The molecule has 3 aromatic heterocycles. The minimum Gasteiger partial charge on any atom is -0.353 e. The van der Waals surface area contributed by atoms with Gasteiger partial charge in [0.05, 0.1) is 28.1 Å². The van der Waals surface area contributed by atoms with Crippen LogP contribution in [-0.2, 0) is 0 Å². The van der Waals surface area contributed by atoms with Crippen molar-refractivity contribution in [3.63, 3.8) is 0 Å². The second kappa shape index (κ2) is 9.79. The predicted octanol–water partition coefficient (Wildman–Crippen LogP) is 10.6. The molecule has 0 unspecified atom stereocenters. The number of anilines is 3. The standard InChI is InChI=1S/C40H26N4/c1-2-9-26(10-3-1)27-21-23-29(24-22-27)44-30-12-4-11-28(25-30)35-17-7-18-36(41-35)33-15-5-13-31-32-14-6-16-34(40(32)43-39(31)33)37-19-8-20-38(44)42-37/h1-25,43H. The van der Waals surface area contributed by atoms with Crippen LogP contribution in [0.15, 0.2) is 152 Å². The summed E-state index contributed by atoms with van der Waals surface area (Å²) in [5.74, 6) is 0.845. The van der Waals surface area contributed by atoms with Gasteiger partial charge in [0, 0.05) is 38.8 Å². The lowest BCUT2D eigenvalue weighted by atomic mass is 10.0. The number of pyridine rings is 2. The van der Waals surface area contributed by atoms with Gasteiger partial charge in [-0.15, -0.1) is 0 Å². The average molecular weight is 563 g/mol. The van der Waals surface area contributed by atoms with Gasteiger partial charge in [0.1, 0.15) is 5.82 Å². The van der Waals surface area contributed by atoms with Gasteiger partial charge in [0.2, 0.25) is 0 Å². The van der Waals surface area contributed by atoms with E-state index in [4.69, 9.17) is 9.97 Å². The van der Waals surface area contributed by atoms with Crippen molar-refractivity contribution in [2.24, 2.45) is 0 Å². The summed E-state index contributed by atoms with van der Waals surface area (Å²) in [6.07, 6.45) is 0. The van der Waals surface area contributed by atoms with Crippen LogP contribution in [0.25, 0.3) is 66.7 Å². The fourth-order valence-electron chi connectivity index (χ4n) is 6.47. The molecule has 1 aliphatic rings. The molecule has 5 aromatic carbocycles.